The van der Waals surface area contributed by atoms with Gasteiger partial charge >= 0.3 is 0 Å². The van der Waals surface area contributed by atoms with E-state index in [4.69, 9.17) is 0 Å². The lowest BCUT2D eigenvalue weighted by molar-refractivity contribution is 0.190. The summed E-state index contributed by atoms with van der Waals surface area (Å²) < 4.78 is 0. The van der Waals surface area contributed by atoms with Crippen LogP contribution in [0.15, 0.2) is 0 Å². The van der Waals surface area contributed by atoms with E-state index in [1.165, 1.54) is 32.1 Å². The lowest BCUT2D eigenvalue weighted by Crippen LogP contribution is -2.23. The van der Waals surface area contributed by atoms with Crippen molar-refractivity contribution in [1.82, 2.24) is 0 Å². The van der Waals surface area contributed by atoms with Crippen molar-refractivity contribution in [3.05, 3.63) is 0 Å². The maximum absolute atomic E-state index is 2.51. The smallest absolute Gasteiger partial charge is 0.0355 e. The largest absolute Gasteiger partial charge is 0.0651 e. The van der Waals surface area contributed by atoms with Gasteiger partial charge in [-0.15, -0.1) is 0 Å². The molecule has 0 heteroatoms. The van der Waals surface area contributed by atoms with Crippen LogP contribution in [0.1, 0.15) is 73.6 Å². The molecule has 1 saturated carbocycles. The van der Waals surface area contributed by atoms with Crippen molar-refractivity contribution in [3.8, 4) is 0 Å². The Morgan fingerprint density at radius 1 is 0.882 bits per heavy atom. The normalized spacial score (nSPS) is 31.4. The Labute approximate surface area is 110 Å². The highest BCUT2D eigenvalue weighted by Crippen LogP contribution is 2.47. The Kier molecular flexibility index (Phi) is 6.03. The molecule has 0 aromatic carbocycles. The molecule has 0 N–H and O–H groups in total. The van der Waals surface area contributed by atoms with Crippen LogP contribution in [-0.4, -0.2) is 0 Å². The van der Waals surface area contributed by atoms with Gasteiger partial charge in [-0.3, -0.25) is 0 Å². The lowest BCUT2D eigenvalue weighted by Gasteiger charge is -2.30. The summed E-state index contributed by atoms with van der Waals surface area (Å²) in [5.74, 6) is 5.75. The third kappa shape index (κ3) is 4.00. The van der Waals surface area contributed by atoms with Crippen molar-refractivity contribution < 1.29 is 0 Å². The van der Waals surface area contributed by atoms with Gasteiger partial charge in [-0.05, 0) is 48.3 Å². The minimum Gasteiger partial charge on any atom is -0.0651 e. The third-order valence-corrected chi connectivity index (χ3v) is 5.19. The van der Waals surface area contributed by atoms with Crippen molar-refractivity contribution >= 4 is 0 Å². The quantitative estimate of drug-likeness (QED) is 0.551. The molecule has 1 fully saturated rings. The van der Waals surface area contributed by atoms with E-state index in [1.807, 2.05) is 0 Å². The van der Waals surface area contributed by atoms with Gasteiger partial charge < -0.3 is 0 Å². The summed E-state index contributed by atoms with van der Waals surface area (Å²) in [6.45, 7) is 14.5. The van der Waals surface area contributed by atoms with Crippen LogP contribution in [0.25, 0.3) is 0 Å². The zero-order valence-electron chi connectivity index (χ0n) is 13.0. The van der Waals surface area contributed by atoms with E-state index in [0.717, 1.165) is 35.5 Å². The molecule has 1 aliphatic rings. The summed E-state index contributed by atoms with van der Waals surface area (Å²) in [6.07, 6.45) is 7.26. The maximum Gasteiger partial charge on any atom is -0.0355 e. The molecule has 0 bridgehead atoms. The molecule has 0 saturated heterocycles. The van der Waals surface area contributed by atoms with E-state index in [2.05, 4.69) is 41.5 Å². The van der Waals surface area contributed by atoms with Crippen LogP contribution in [0.2, 0.25) is 0 Å². The second-order valence-corrected chi connectivity index (χ2v) is 7.17. The summed E-state index contributed by atoms with van der Waals surface area (Å²) in [5.41, 5.74) is 0. The summed E-state index contributed by atoms with van der Waals surface area (Å²) in [7, 11) is 0. The van der Waals surface area contributed by atoms with Crippen LogP contribution in [0.3, 0.4) is 0 Å². The topological polar surface area (TPSA) is 0 Å². The summed E-state index contributed by atoms with van der Waals surface area (Å²) in [5, 5.41) is 0. The molecule has 4 unspecified atom stereocenters. The highest BCUT2D eigenvalue weighted by molar-refractivity contribution is 4.88. The first kappa shape index (κ1) is 15.1. The Hall–Kier alpha value is 0. The minimum atomic E-state index is 0.875. The van der Waals surface area contributed by atoms with E-state index >= 15 is 0 Å². The molecule has 17 heavy (non-hydrogen) atoms. The molecular formula is C17H34. The van der Waals surface area contributed by atoms with Crippen molar-refractivity contribution in [2.45, 2.75) is 73.6 Å². The monoisotopic (exact) mass is 238 g/mol. The van der Waals surface area contributed by atoms with Crippen molar-refractivity contribution in [2.75, 3.05) is 0 Å². The van der Waals surface area contributed by atoms with E-state index in [1.54, 1.807) is 0 Å². The molecule has 0 radical (unpaired) electrons. The highest BCUT2D eigenvalue weighted by Gasteiger charge is 2.38. The second-order valence-electron chi connectivity index (χ2n) is 7.17. The lowest BCUT2D eigenvalue weighted by atomic mass is 9.75. The molecule has 0 spiro atoms. The zero-order valence-corrected chi connectivity index (χ0v) is 13.0. The Balaban J connectivity index is 2.53. The molecule has 1 rings (SSSR count). The van der Waals surface area contributed by atoms with E-state index in [9.17, 15) is 0 Å². The number of hydrogen-bond donors (Lipinski definition) is 0. The highest BCUT2D eigenvalue weighted by atomic mass is 14.4. The van der Waals surface area contributed by atoms with Gasteiger partial charge in [0.25, 0.3) is 0 Å². The average molecular weight is 238 g/mol. The maximum atomic E-state index is 2.51. The fourth-order valence-electron chi connectivity index (χ4n) is 4.08. The van der Waals surface area contributed by atoms with Gasteiger partial charge in [0.15, 0.2) is 0 Å². The van der Waals surface area contributed by atoms with Crippen molar-refractivity contribution in [1.29, 1.82) is 0 Å². The second kappa shape index (κ2) is 6.81. The first-order chi connectivity index (χ1) is 7.97. The van der Waals surface area contributed by atoms with Gasteiger partial charge in [0.05, 0.1) is 0 Å². The van der Waals surface area contributed by atoms with Crippen LogP contribution in [0.4, 0.5) is 0 Å². The van der Waals surface area contributed by atoms with Crippen LogP contribution in [0.5, 0.6) is 0 Å². The van der Waals surface area contributed by atoms with Gasteiger partial charge in [0, 0.05) is 0 Å². The predicted octanol–water partition coefficient (Wildman–Crippen LogP) is 5.77. The Morgan fingerprint density at radius 3 is 1.94 bits per heavy atom. The molecule has 0 amide bonds. The van der Waals surface area contributed by atoms with Gasteiger partial charge in [0.1, 0.15) is 0 Å². The first-order valence-corrected chi connectivity index (χ1v) is 7.97. The standard InChI is InChI=1S/C17H34/c1-7-15-16(13(4)5)10-11-17(15)14(6)9-8-12(2)3/h12-17H,7-11H2,1-6H3. The molecule has 0 heterocycles. The fraction of sp³-hybridized carbons (Fsp3) is 1.00. The van der Waals surface area contributed by atoms with E-state index in [0.29, 0.717) is 0 Å². The molecule has 0 aromatic rings. The molecule has 1 aliphatic carbocycles. The van der Waals surface area contributed by atoms with Gasteiger partial charge in [-0.1, -0.05) is 60.8 Å². The van der Waals surface area contributed by atoms with Gasteiger partial charge in [-0.25, -0.2) is 0 Å². The molecular weight excluding hydrogens is 204 g/mol. The summed E-state index contributed by atoms with van der Waals surface area (Å²) >= 11 is 0. The van der Waals surface area contributed by atoms with E-state index < -0.39 is 0 Å². The van der Waals surface area contributed by atoms with Gasteiger partial charge in [-0.2, -0.15) is 0 Å². The molecule has 4 atom stereocenters. The Bertz CT molecular complexity index is 204. The minimum absolute atomic E-state index is 0.875. The number of rotatable bonds is 6. The third-order valence-electron chi connectivity index (χ3n) is 5.19. The molecule has 0 aromatic heterocycles. The summed E-state index contributed by atoms with van der Waals surface area (Å²) in [4.78, 5) is 0. The van der Waals surface area contributed by atoms with Crippen LogP contribution >= 0.6 is 0 Å². The predicted molar refractivity (Wildman–Crippen MR) is 78.1 cm³/mol. The molecule has 0 aliphatic heterocycles. The SMILES string of the molecule is CCC1C(C(C)C)CCC1C(C)CCC(C)C. The van der Waals surface area contributed by atoms with E-state index in [-0.39, 0.29) is 0 Å². The molecule has 0 nitrogen and oxygen atoms in total. The average Bonchev–Trinajstić information content (AvgIpc) is 2.69. The zero-order chi connectivity index (χ0) is 13.0. The van der Waals surface area contributed by atoms with Crippen molar-refractivity contribution in [3.63, 3.8) is 0 Å². The van der Waals surface area contributed by atoms with Crippen molar-refractivity contribution in [2.24, 2.45) is 35.5 Å². The fourth-order valence-corrected chi connectivity index (χ4v) is 4.08. The van der Waals surface area contributed by atoms with Gasteiger partial charge in [0.2, 0.25) is 0 Å². The van der Waals surface area contributed by atoms with Crippen LogP contribution < -0.4 is 0 Å². The number of hydrogen-bond acceptors (Lipinski definition) is 0. The van der Waals surface area contributed by atoms with Crippen LogP contribution in [0, 0.1) is 35.5 Å². The Morgan fingerprint density at radius 2 is 1.47 bits per heavy atom. The van der Waals surface area contributed by atoms with Crippen LogP contribution in [-0.2, 0) is 0 Å². The molecule has 102 valence electrons. The summed E-state index contributed by atoms with van der Waals surface area (Å²) in [6, 6.07) is 0. The first-order valence-electron chi connectivity index (χ1n) is 7.97.